The molecule has 0 bridgehead atoms. The summed E-state index contributed by atoms with van der Waals surface area (Å²) < 4.78 is 6.44. The van der Waals surface area contributed by atoms with Crippen LogP contribution in [0, 0.1) is 20.8 Å². The van der Waals surface area contributed by atoms with Gasteiger partial charge in [0.25, 0.3) is 5.91 Å². The van der Waals surface area contributed by atoms with Crippen LogP contribution in [0.2, 0.25) is 5.02 Å². The summed E-state index contributed by atoms with van der Waals surface area (Å²) >= 11 is 10.1. The van der Waals surface area contributed by atoms with Gasteiger partial charge >= 0.3 is 0 Å². The molecule has 36 heavy (non-hydrogen) atoms. The van der Waals surface area contributed by atoms with Crippen molar-refractivity contribution < 1.29 is 19.1 Å². The fraction of sp³-hybridized carbons (Fsp3) is 0.208. The number of aromatic nitrogens is 3. The van der Waals surface area contributed by atoms with Gasteiger partial charge in [0.15, 0.2) is 10.1 Å². The second-order valence-corrected chi connectivity index (χ2v) is 11.8. The first-order valence-electron chi connectivity index (χ1n) is 10.8. The van der Waals surface area contributed by atoms with Gasteiger partial charge < -0.3 is 9.52 Å². The van der Waals surface area contributed by atoms with Crippen molar-refractivity contribution in [2.45, 2.75) is 36.9 Å². The second kappa shape index (κ2) is 9.81. The van der Waals surface area contributed by atoms with Crippen molar-refractivity contribution in [1.82, 2.24) is 15.2 Å². The van der Waals surface area contributed by atoms with Gasteiger partial charge in [0.05, 0.1) is 21.2 Å². The third-order valence-corrected chi connectivity index (χ3v) is 9.05. The highest BCUT2D eigenvalue weighted by Gasteiger charge is 2.48. The van der Waals surface area contributed by atoms with Crippen LogP contribution in [0.15, 0.2) is 56.5 Å². The minimum absolute atomic E-state index is 0.0680. The summed E-state index contributed by atoms with van der Waals surface area (Å²) in [5.74, 6) is -0.329. The molecule has 1 aliphatic heterocycles. The number of carbonyl (C=O) groups is 2. The van der Waals surface area contributed by atoms with Gasteiger partial charge in [-0.25, -0.2) is 4.98 Å². The number of aryl methyl sites for hydroxylation is 3. The summed E-state index contributed by atoms with van der Waals surface area (Å²) in [7, 11) is 0. The summed E-state index contributed by atoms with van der Waals surface area (Å²) in [6, 6.07) is 9.96. The average Bonchev–Trinajstić information content (AvgIpc) is 3.61. The molecule has 4 aromatic rings. The van der Waals surface area contributed by atoms with E-state index in [4.69, 9.17) is 16.0 Å². The molecule has 0 radical (unpaired) electrons. The summed E-state index contributed by atoms with van der Waals surface area (Å²) in [4.78, 5) is 32.8. The molecule has 1 aliphatic rings. The van der Waals surface area contributed by atoms with Gasteiger partial charge in [0.1, 0.15) is 17.6 Å². The predicted octanol–water partition coefficient (Wildman–Crippen LogP) is 6.24. The third-order valence-electron chi connectivity index (χ3n) is 5.50. The molecule has 0 saturated carbocycles. The Kier molecular flexibility index (Phi) is 6.73. The number of amides is 1. The summed E-state index contributed by atoms with van der Waals surface area (Å²) in [6.45, 7) is 5.29. The number of nitrogens with zero attached hydrogens (tertiary/aromatic N) is 4. The van der Waals surface area contributed by atoms with Gasteiger partial charge in [-0.3, -0.25) is 14.5 Å². The Morgan fingerprint density at radius 1 is 1.17 bits per heavy atom. The van der Waals surface area contributed by atoms with Crippen molar-refractivity contribution in [2.75, 3.05) is 4.90 Å². The molecule has 1 N–H and O–H groups in total. The molecule has 12 heteroatoms. The average molecular weight is 559 g/mol. The maximum atomic E-state index is 13.6. The van der Waals surface area contributed by atoms with E-state index in [2.05, 4.69) is 15.2 Å². The zero-order valence-electron chi connectivity index (χ0n) is 19.3. The number of Topliss-reactive ketones (excluding diaryl/α,β-unsaturated/α-hetero) is 1. The maximum Gasteiger partial charge on any atom is 0.296 e. The van der Waals surface area contributed by atoms with E-state index in [1.54, 1.807) is 32.9 Å². The second-order valence-electron chi connectivity index (χ2n) is 8.00. The van der Waals surface area contributed by atoms with E-state index in [0.29, 0.717) is 42.2 Å². The number of halogens is 1. The first-order chi connectivity index (χ1) is 17.2. The van der Waals surface area contributed by atoms with Crippen molar-refractivity contribution in [3.8, 4) is 0 Å². The standard InChI is InChI=1S/C24H19ClN4O4S3/c1-11-8-9-16(33-11)18-17(19(30)21-12(2)26-13(3)35-21)20(31)22(32)29(18)23-27-28-24(36-23)34-10-14-6-4-5-7-15(14)25/h4-9,18,31H,10H2,1-3H3. The molecule has 4 heterocycles. The van der Waals surface area contributed by atoms with Crippen LogP contribution < -0.4 is 4.90 Å². The zero-order chi connectivity index (χ0) is 25.6. The van der Waals surface area contributed by atoms with Crippen LogP contribution in [-0.4, -0.2) is 32.0 Å². The van der Waals surface area contributed by atoms with Crippen molar-refractivity contribution in [2.24, 2.45) is 0 Å². The Balaban J connectivity index is 1.50. The SMILES string of the molecule is Cc1ccc(C2C(C(=O)c3sc(C)nc3C)=C(O)C(=O)N2c2nnc(SCc3ccccc3Cl)s2)o1. The summed E-state index contributed by atoms with van der Waals surface area (Å²) in [5, 5.41) is 20.9. The lowest BCUT2D eigenvalue weighted by atomic mass is 10.00. The summed E-state index contributed by atoms with van der Waals surface area (Å²) in [6.07, 6.45) is 0. The van der Waals surface area contributed by atoms with E-state index in [9.17, 15) is 14.7 Å². The first-order valence-corrected chi connectivity index (χ1v) is 13.8. The Morgan fingerprint density at radius 3 is 2.61 bits per heavy atom. The number of rotatable bonds is 7. The van der Waals surface area contributed by atoms with Crippen LogP contribution in [0.5, 0.6) is 0 Å². The van der Waals surface area contributed by atoms with Crippen LogP contribution in [0.25, 0.3) is 0 Å². The number of carbonyl (C=O) groups excluding carboxylic acids is 2. The van der Waals surface area contributed by atoms with Crippen LogP contribution >= 0.6 is 46.0 Å². The molecular weight excluding hydrogens is 540 g/mol. The molecule has 1 unspecified atom stereocenters. The molecule has 3 aromatic heterocycles. The number of thiazole rings is 1. The highest BCUT2D eigenvalue weighted by atomic mass is 35.5. The predicted molar refractivity (Wildman–Crippen MR) is 140 cm³/mol. The van der Waals surface area contributed by atoms with Gasteiger partial charge in [-0.2, -0.15) is 0 Å². The number of anilines is 1. The molecule has 8 nitrogen and oxygen atoms in total. The summed E-state index contributed by atoms with van der Waals surface area (Å²) in [5.41, 5.74) is 1.42. The molecule has 1 atom stereocenters. The van der Waals surface area contributed by atoms with Crippen LogP contribution in [0.1, 0.15) is 43.5 Å². The maximum absolute atomic E-state index is 13.6. The normalized spacial score (nSPS) is 15.8. The number of thioether (sulfide) groups is 1. The van der Waals surface area contributed by atoms with Crippen LogP contribution in [-0.2, 0) is 10.5 Å². The van der Waals surface area contributed by atoms with Gasteiger partial charge in [0, 0.05) is 10.8 Å². The fourth-order valence-corrected chi connectivity index (χ4v) is 6.91. The van der Waals surface area contributed by atoms with Crippen molar-refractivity contribution in [3.05, 3.63) is 85.4 Å². The van der Waals surface area contributed by atoms with E-state index in [1.807, 2.05) is 24.3 Å². The molecule has 1 aromatic carbocycles. The van der Waals surface area contributed by atoms with Gasteiger partial charge in [0.2, 0.25) is 10.9 Å². The Hall–Kier alpha value is -2.99. The highest BCUT2D eigenvalue weighted by molar-refractivity contribution is 8.00. The number of ketones is 1. The van der Waals surface area contributed by atoms with Crippen molar-refractivity contribution >= 4 is 62.9 Å². The molecule has 0 fully saturated rings. The Bertz CT molecular complexity index is 1520. The highest BCUT2D eigenvalue weighted by Crippen LogP contribution is 2.45. The number of benzene rings is 1. The molecule has 1 amide bonds. The van der Waals surface area contributed by atoms with E-state index in [-0.39, 0.29) is 10.7 Å². The van der Waals surface area contributed by atoms with E-state index in [1.165, 1.54) is 39.3 Å². The Labute approximate surface area is 223 Å². The first kappa shape index (κ1) is 24.7. The van der Waals surface area contributed by atoms with Gasteiger partial charge in [-0.05, 0) is 44.5 Å². The number of hydrogen-bond donors (Lipinski definition) is 1. The zero-order valence-corrected chi connectivity index (χ0v) is 22.5. The van der Waals surface area contributed by atoms with Crippen LogP contribution in [0.3, 0.4) is 0 Å². The molecule has 5 rings (SSSR count). The van der Waals surface area contributed by atoms with E-state index < -0.39 is 23.5 Å². The number of furan rings is 1. The lowest BCUT2D eigenvalue weighted by molar-refractivity contribution is -0.117. The lowest BCUT2D eigenvalue weighted by Crippen LogP contribution is -2.30. The topological polar surface area (TPSA) is 109 Å². The molecule has 0 saturated heterocycles. The van der Waals surface area contributed by atoms with E-state index in [0.717, 1.165) is 5.56 Å². The van der Waals surface area contributed by atoms with E-state index >= 15 is 0 Å². The molecule has 0 spiro atoms. The van der Waals surface area contributed by atoms with Crippen molar-refractivity contribution in [3.63, 3.8) is 0 Å². The molecular formula is C24H19ClN4O4S3. The van der Waals surface area contributed by atoms with Crippen molar-refractivity contribution in [1.29, 1.82) is 0 Å². The minimum Gasteiger partial charge on any atom is -0.503 e. The molecule has 184 valence electrons. The lowest BCUT2D eigenvalue weighted by Gasteiger charge is -2.21. The smallest absolute Gasteiger partial charge is 0.296 e. The minimum atomic E-state index is -0.991. The number of hydrogen-bond acceptors (Lipinski definition) is 10. The Morgan fingerprint density at radius 2 is 1.94 bits per heavy atom. The number of aliphatic hydroxyl groups excluding tert-OH is 1. The monoisotopic (exact) mass is 558 g/mol. The molecule has 0 aliphatic carbocycles. The van der Waals surface area contributed by atoms with Crippen LogP contribution in [0.4, 0.5) is 5.13 Å². The van der Waals surface area contributed by atoms with Gasteiger partial charge in [-0.1, -0.05) is 52.9 Å². The number of aliphatic hydroxyl groups is 1. The van der Waals surface area contributed by atoms with Gasteiger partial charge in [-0.15, -0.1) is 21.5 Å². The fourth-order valence-electron chi connectivity index (χ4n) is 3.88. The quantitative estimate of drug-likeness (QED) is 0.161. The largest absolute Gasteiger partial charge is 0.503 e. The third kappa shape index (κ3) is 4.47.